The van der Waals surface area contributed by atoms with Crippen LogP contribution in [0.3, 0.4) is 0 Å². The zero-order chi connectivity index (χ0) is 23.0. The van der Waals surface area contributed by atoms with Gasteiger partial charge in [-0.3, -0.25) is 0 Å². The van der Waals surface area contributed by atoms with Crippen LogP contribution in [0.4, 0.5) is 5.95 Å². The van der Waals surface area contributed by atoms with Crippen LogP contribution in [0.5, 0.6) is 0 Å². The highest BCUT2D eigenvalue weighted by molar-refractivity contribution is 5.79. The monoisotopic (exact) mass is 440 g/mol. The molecule has 1 atom stereocenters. The molecule has 2 heterocycles. The van der Waals surface area contributed by atoms with Gasteiger partial charge in [0.2, 0.25) is 5.95 Å². The van der Waals surface area contributed by atoms with Crippen LogP contribution in [0.25, 0.3) is 28.0 Å². The van der Waals surface area contributed by atoms with Crippen molar-refractivity contribution in [1.82, 2.24) is 14.8 Å². The van der Waals surface area contributed by atoms with Crippen molar-refractivity contribution in [3.63, 3.8) is 0 Å². The van der Waals surface area contributed by atoms with Gasteiger partial charge >= 0.3 is 0 Å². The molecule has 0 amide bonds. The Bertz CT molecular complexity index is 1450. The molecule has 0 bridgehead atoms. The van der Waals surface area contributed by atoms with Gasteiger partial charge in [-0.1, -0.05) is 109 Å². The second kappa shape index (κ2) is 8.16. The number of rotatable bonds is 4. The second-order valence-corrected chi connectivity index (χ2v) is 8.71. The van der Waals surface area contributed by atoms with Crippen LogP contribution in [0.1, 0.15) is 18.1 Å². The molecule has 1 aromatic heterocycles. The van der Waals surface area contributed by atoms with Gasteiger partial charge in [0.25, 0.3) is 0 Å². The molecule has 0 saturated heterocycles. The lowest BCUT2D eigenvalue weighted by molar-refractivity contribution is 0.442. The first-order chi connectivity index (χ1) is 16.7. The third kappa shape index (κ3) is 3.50. The molecule has 5 aromatic rings. The van der Waals surface area contributed by atoms with Crippen molar-refractivity contribution >= 4 is 11.6 Å². The summed E-state index contributed by atoms with van der Waals surface area (Å²) in [7, 11) is 0. The van der Waals surface area contributed by atoms with Gasteiger partial charge in [-0.15, -0.1) is 0 Å². The van der Waals surface area contributed by atoms with Gasteiger partial charge in [0.1, 0.15) is 11.9 Å². The number of nitrogens with one attached hydrogen (secondary N) is 1. The van der Waals surface area contributed by atoms with E-state index in [9.17, 15) is 0 Å². The molecule has 1 aliphatic heterocycles. The molecule has 34 heavy (non-hydrogen) atoms. The Morgan fingerprint density at radius 1 is 0.618 bits per heavy atom. The topological polar surface area (TPSA) is 42.7 Å². The van der Waals surface area contributed by atoms with E-state index in [0.29, 0.717) is 0 Å². The molecule has 1 aliphatic rings. The minimum Gasteiger partial charge on any atom is -0.324 e. The van der Waals surface area contributed by atoms with Crippen molar-refractivity contribution in [2.75, 3.05) is 5.32 Å². The summed E-state index contributed by atoms with van der Waals surface area (Å²) in [6, 6.07) is 38.2. The maximum absolute atomic E-state index is 4.55. The average molecular weight is 441 g/mol. The van der Waals surface area contributed by atoms with Crippen molar-refractivity contribution in [3.8, 4) is 22.3 Å². The zero-order valence-corrected chi connectivity index (χ0v) is 18.9. The number of fused-ring (bicyclic) bond motifs is 1. The highest BCUT2D eigenvalue weighted by Crippen LogP contribution is 2.38. The molecule has 164 valence electrons. The summed E-state index contributed by atoms with van der Waals surface area (Å²) in [5, 5.41) is 8.01. The predicted molar refractivity (Wildman–Crippen MR) is 138 cm³/mol. The van der Waals surface area contributed by atoms with Crippen LogP contribution in [0, 0.1) is 0 Å². The Labute approximate surface area is 199 Å². The molecule has 0 fully saturated rings. The van der Waals surface area contributed by atoms with Crippen molar-refractivity contribution in [1.29, 1.82) is 0 Å². The molecule has 4 heteroatoms. The molecule has 4 aromatic carbocycles. The van der Waals surface area contributed by atoms with Gasteiger partial charge < -0.3 is 5.32 Å². The molecule has 6 rings (SSSR count). The minimum absolute atomic E-state index is 0.472. The Morgan fingerprint density at radius 3 is 1.71 bits per heavy atom. The normalized spacial score (nSPS) is 16.9. The van der Waals surface area contributed by atoms with Crippen molar-refractivity contribution in [2.45, 2.75) is 12.5 Å². The molecule has 0 saturated carbocycles. The Morgan fingerprint density at radius 2 is 1.12 bits per heavy atom. The molecule has 0 aliphatic carbocycles. The highest BCUT2D eigenvalue weighted by Gasteiger charge is 2.34. The van der Waals surface area contributed by atoms with Crippen LogP contribution in [0.15, 0.2) is 122 Å². The van der Waals surface area contributed by atoms with E-state index in [0.717, 1.165) is 22.8 Å². The van der Waals surface area contributed by atoms with E-state index in [2.05, 4.69) is 125 Å². The van der Waals surface area contributed by atoms with E-state index >= 15 is 0 Å². The van der Waals surface area contributed by atoms with Crippen LogP contribution < -0.4 is 5.32 Å². The van der Waals surface area contributed by atoms with Gasteiger partial charge in [0.05, 0.1) is 0 Å². The molecular weight excluding hydrogens is 416 g/mol. The van der Waals surface area contributed by atoms with E-state index in [1.807, 2.05) is 16.8 Å². The fraction of sp³-hybridized carbons (Fsp3) is 0.0667. The van der Waals surface area contributed by atoms with Crippen molar-refractivity contribution in [2.24, 2.45) is 0 Å². The predicted octanol–water partition coefficient (Wildman–Crippen LogP) is 6.84. The number of anilines is 1. The summed E-state index contributed by atoms with van der Waals surface area (Å²) >= 11 is 0. The van der Waals surface area contributed by atoms with Gasteiger partial charge in [-0.2, -0.15) is 10.1 Å². The summed E-state index contributed by atoms with van der Waals surface area (Å²) < 4.78 is 1.95. The number of hydrogen-bond acceptors (Lipinski definition) is 3. The molecule has 1 unspecified atom stereocenters. The Hall–Kier alpha value is -4.44. The number of nitrogens with zero attached hydrogens (tertiary/aromatic N) is 3. The smallest absolute Gasteiger partial charge is 0.226 e. The van der Waals surface area contributed by atoms with E-state index < -0.39 is 5.54 Å². The highest BCUT2D eigenvalue weighted by atomic mass is 15.4. The third-order valence-electron chi connectivity index (χ3n) is 6.54. The van der Waals surface area contributed by atoms with Gasteiger partial charge in [-0.05, 0) is 46.4 Å². The number of allylic oxidation sites excluding steroid dienone is 1. The maximum atomic E-state index is 4.55. The SMILES string of the molecule is CC1(c2ccc(-c3ccccc3)cc2)C=C(c2ccc(-c3ccccc3)cc2)Nc2ncnn21. The Balaban J connectivity index is 1.38. The van der Waals surface area contributed by atoms with Crippen molar-refractivity contribution in [3.05, 3.63) is 133 Å². The van der Waals surface area contributed by atoms with E-state index in [4.69, 9.17) is 0 Å². The van der Waals surface area contributed by atoms with Crippen LogP contribution >= 0.6 is 0 Å². The van der Waals surface area contributed by atoms with Gasteiger partial charge in [0, 0.05) is 5.70 Å². The third-order valence-corrected chi connectivity index (χ3v) is 6.54. The quantitative estimate of drug-likeness (QED) is 0.333. The molecule has 0 radical (unpaired) electrons. The van der Waals surface area contributed by atoms with Gasteiger partial charge in [0.15, 0.2) is 0 Å². The van der Waals surface area contributed by atoms with Crippen LogP contribution in [-0.2, 0) is 5.54 Å². The Kier molecular flexibility index (Phi) is 4.84. The summed E-state index contributed by atoms with van der Waals surface area (Å²) in [5.41, 5.74) is 7.63. The summed E-state index contributed by atoms with van der Waals surface area (Å²) in [4.78, 5) is 4.48. The number of benzene rings is 4. The first-order valence-electron chi connectivity index (χ1n) is 11.4. The van der Waals surface area contributed by atoms with Crippen LogP contribution in [0.2, 0.25) is 0 Å². The molecule has 4 nitrogen and oxygen atoms in total. The fourth-order valence-electron chi connectivity index (χ4n) is 4.63. The van der Waals surface area contributed by atoms with Crippen LogP contribution in [-0.4, -0.2) is 14.8 Å². The van der Waals surface area contributed by atoms with E-state index in [1.54, 1.807) is 6.33 Å². The first-order valence-corrected chi connectivity index (χ1v) is 11.4. The summed E-state index contributed by atoms with van der Waals surface area (Å²) in [6.07, 6.45) is 3.85. The lowest BCUT2D eigenvalue weighted by atomic mass is 9.87. The summed E-state index contributed by atoms with van der Waals surface area (Å²) in [5.74, 6) is 0.735. The van der Waals surface area contributed by atoms with E-state index in [1.165, 1.54) is 22.3 Å². The maximum Gasteiger partial charge on any atom is 0.226 e. The molecular formula is C30H24N4. The second-order valence-electron chi connectivity index (χ2n) is 8.71. The summed E-state index contributed by atoms with van der Waals surface area (Å²) in [6.45, 7) is 2.18. The zero-order valence-electron chi connectivity index (χ0n) is 18.9. The average Bonchev–Trinajstić information content (AvgIpc) is 3.40. The van der Waals surface area contributed by atoms with Gasteiger partial charge in [-0.25, -0.2) is 4.68 Å². The molecule has 1 N–H and O–H groups in total. The number of aromatic nitrogens is 3. The standard InChI is InChI=1S/C30H24N4/c1-30(27-18-16-25(17-19-27)23-10-6-3-7-11-23)20-28(33-29-31-21-32-34(29)30)26-14-12-24(13-15-26)22-8-4-2-5-9-22/h2-21H,1H3,(H,31,32,33). The number of hydrogen-bond donors (Lipinski definition) is 1. The van der Waals surface area contributed by atoms with Crippen molar-refractivity contribution < 1.29 is 0 Å². The lowest BCUT2D eigenvalue weighted by Crippen LogP contribution is -2.35. The van der Waals surface area contributed by atoms with E-state index in [-0.39, 0.29) is 0 Å². The largest absolute Gasteiger partial charge is 0.324 e. The first kappa shape index (κ1) is 20.2. The molecule has 0 spiro atoms. The minimum atomic E-state index is -0.472. The lowest BCUT2D eigenvalue weighted by Gasteiger charge is -2.34. The fourth-order valence-corrected chi connectivity index (χ4v) is 4.63.